The number of carbonyl (C=O) groups is 1. The van der Waals surface area contributed by atoms with Crippen molar-refractivity contribution in [3.05, 3.63) is 65.1 Å². The fourth-order valence-electron chi connectivity index (χ4n) is 2.74. The van der Waals surface area contributed by atoms with Gasteiger partial charge in [0.15, 0.2) is 6.61 Å². The molecule has 28 heavy (non-hydrogen) atoms. The number of hydrogen-bond acceptors (Lipinski definition) is 3. The Morgan fingerprint density at radius 3 is 2.68 bits per heavy atom. The minimum atomic E-state index is -0.223. The summed E-state index contributed by atoms with van der Waals surface area (Å²) in [5.74, 6) is 1.75. The van der Waals surface area contributed by atoms with Crippen LogP contribution in [0.25, 0.3) is 10.8 Å². The quantitative estimate of drug-likeness (QED) is 0.462. The average molecular weight is 442 g/mol. The average Bonchev–Trinajstić information content (AvgIpc) is 2.68. The lowest BCUT2D eigenvalue weighted by atomic mass is 10.1. The number of carbonyl (C=O) groups excluding carboxylic acids is 1. The van der Waals surface area contributed by atoms with E-state index in [1.54, 1.807) is 0 Å². The molecule has 0 aliphatic heterocycles. The molecule has 0 unspecified atom stereocenters. The third-order valence-corrected chi connectivity index (χ3v) is 5.09. The van der Waals surface area contributed by atoms with Crippen LogP contribution in [-0.4, -0.2) is 19.1 Å². The zero-order valence-electron chi connectivity index (χ0n) is 16.1. The first kappa shape index (κ1) is 20.2. The topological polar surface area (TPSA) is 47.6 Å². The molecule has 0 spiro atoms. The van der Waals surface area contributed by atoms with E-state index in [1.807, 2.05) is 60.7 Å². The molecule has 1 N–H and O–H groups in total. The number of ether oxygens (including phenoxy) is 2. The Hall–Kier alpha value is -2.53. The van der Waals surface area contributed by atoms with E-state index in [0.29, 0.717) is 24.0 Å². The first-order valence-electron chi connectivity index (χ1n) is 9.35. The molecule has 0 saturated carbocycles. The highest BCUT2D eigenvalue weighted by molar-refractivity contribution is 9.10. The largest absolute Gasteiger partial charge is 0.494 e. The van der Waals surface area contributed by atoms with E-state index in [2.05, 4.69) is 35.1 Å². The number of nitrogens with one attached hydrogen (secondary N) is 1. The Morgan fingerprint density at radius 1 is 1.04 bits per heavy atom. The van der Waals surface area contributed by atoms with Crippen LogP contribution in [0.3, 0.4) is 0 Å². The fraction of sp³-hybridized carbons (Fsp3) is 0.261. The molecule has 0 radical (unpaired) electrons. The number of rotatable bonds is 8. The zero-order chi connectivity index (χ0) is 19.9. The van der Waals surface area contributed by atoms with Crippen LogP contribution in [0.5, 0.6) is 11.5 Å². The monoisotopic (exact) mass is 441 g/mol. The summed E-state index contributed by atoms with van der Waals surface area (Å²) < 4.78 is 12.3. The molecular weight excluding hydrogens is 418 g/mol. The Labute approximate surface area is 174 Å². The number of halogens is 1. The van der Waals surface area contributed by atoms with Crippen molar-refractivity contribution in [3.63, 3.8) is 0 Å². The summed E-state index contributed by atoms with van der Waals surface area (Å²) in [5, 5.41) is 5.01. The van der Waals surface area contributed by atoms with Gasteiger partial charge in [0.2, 0.25) is 0 Å². The molecule has 3 aromatic rings. The molecule has 3 aromatic carbocycles. The summed E-state index contributed by atoms with van der Waals surface area (Å²) >= 11 is 3.57. The number of hydrogen-bond donors (Lipinski definition) is 1. The molecule has 146 valence electrons. The minimum absolute atomic E-state index is 0.0740. The van der Waals surface area contributed by atoms with Gasteiger partial charge >= 0.3 is 0 Å². The highest BCUT2D eigenvalue weighted by Gasteiger charge is 2.09. The normalized spacial score (nSPS) is 10.9. The van der Waals surface area contributed by atoms with Crippen LogP contribution in [-0.2, 0) is 4.79 Å². The molecule has 0 atom stereocenters. The van der Waals surface area contributed by atoms with E-state index >= 15 is 0 Å². The van der Waals surface area contributed by atoms with Gasteiger partial charge in [0.05, 0.1) is 11.1 Å². The third-order valence-electron chi connectivity index (χ3n) is 4.27. The lowest BCUT2D eigenvalue weighted by Crippen LogP contribution is -2.20. The van der Waals surface area contributed by atoms with Crippen molar-refractivity contribution in [2.24, 2.45) is 5.92 Å². The van der Waals surface area contributed by atoms with Crippen LogP contribution in [0.15, 0.2) is 65.1 Å². The van der Waals surface area contributed by atoms with Crippen LogP contribution >= 0.6 is 15.9 Å². The SMILES string of the molecule is CC(C)CCOc1cccc(NC(=O)COc2ccc3ccccc3c2Br)c1. The van der Waals surface area contributed by atoms with E-state index in [1.165, 1.54) is 0 Å². The van der Waals surface area contributed by atoms with E-state index in [0.717, 1.165) is 27.4 Å². The second-order valence-electron chi connectivity index (χ2n) is 6.99. The van der Waals surface area contributed by atoms with Crippen molar-refractivity contribution in [3.8, 4) is 11.5 Å². The smallest absolute Gasteiger partial charge is 0.262 e. The highest BCUT2D eigenvalue weighted by atomic mass is 79.9. The summed E-state index contributed by atoms with van der Waals surface area (Å²) in [6.45, 7) is 4.91. The zero-order valence-corrected chi connectivity index (χ0v) is 17.7. The molecular formula is C23H24BrNO3. The van der Waals surface area contributed by atoms with Gasteiger partial charge in [0, 0.05) is 11.8 Å². The predicted octanol–water partition coefficient (Wildman–Crippen LogP) is 6.04. The van der Waals surface area contributed by atoms with Gasteiger partial charge in [-0.05, 0) is 57.2 Å². The molecule has 0 fully saturated rings. The Balaban J connectivity index is 1.57. The van der Waals surface area contributed by atoms with Crippen molar-refractivity contribution in [1.82, 2.24) is 0 Å². The molecule has 1 amide bonds. The number of benzene rings is 3. The summed E-state index contributed by atoms with van der Waals surface area (Å²) in [6.07, 6.45) is 0.991. The number of fused-ring (bicyclic) bond motifs is 1. The maximum Gasteiger partial charge on any atom is 0.262 e. The van der Waals surface area contributed by atoms with Crippen molar-refractivity contribution >= 4 is 38.3 Å². The second-order valence-corrected chi connectivity index (χ2v) is 7.79. The maximum atomic E-state index is 12.3. The standard InChI is InChI=1S/C23H24BrNO3/c1-16(2)12-13-27-19-8-5-7-18(14-19)25-22(26)15-28-21-11-10-17-6-3-4-9-20(17)23(21)24/h3-11,14,16H,12-13,15H2,1-2H3,(H,25,26). The first-order valence-corrected chi connectivity index (χ1v) is 10.1. The van der Waals surface area contributed by atoms with Crippen LogP contribution in [0.2, 0.25) is 0 Å². The van der Waals surface area contributed by atoms with Gasteiger partial charge in [0.1, 0.15) is 11.5 Å². The summed E-state index contributed by atoms with van der Waals surface area (Å²) in [4.78, 5) is 12.3. The molecule has 5 heteroatoms. The number of amides is 1. The minimum Gasteiger partial charge on any atom is -0.494 e. The van der Waals surface area contributed by atoms with Crippen LogP contribution in [0, 0.1) is 5.92 Å². The molecule has 0 heterocycles. The van der Waals surface area contributed by atoms with Crippen LogP contribution < -0.4 is 14.8 Å². The predicted molar refractivity (Wildman–Crippen MR) is 117 cm³/mol. The molecule has 0 aliphatic rings. The fourth-order valence-corrected chi connectivity index (χ4v) is 3.35. The van der Waals surface area contributed by atoms with Crippen molar-refractivity contribution in [1.29, 1.82) is 0 Å². The van der Waals surface area contributed by atoms with Crippen LogP contribution in [0.4, 0.5) is 5.69 Å². The van der Waals surface area contributed by atoms with Gasteiger partial charge in [-0.25, -0.2) is 0 Å². The van der Waals surface area contributed by atoms with E-state index in [-0.39, 0.29) is 12.5 Å². The van der Waals surface area contributed by atoms with Gasteiger partial charge in [-0.2, -0.15) is 0 Å². The van der Waals surface area contributed by atoms with Gasteiger partial charge in [-0.15, -0.1) is 0 Å². The maximum absolute atomic E-state index is 12.3. The van der Waals surface area contributed by atoms with Gasteiger partial charge in [-0.1, -0.05) is 50.2 Å². The summed E-state index contributed by atoms with van der Waals surface area (Å²) in [6, 6.07) is 19.3. The van der Waals surface area contributed by atoms with Gasteiger partial charge in [-0.3, -0.25) is 4.79 Å². The van der Waals surface area contributed by atoms with Crippen LogP contribution in [0.1, 0.15) is 20.3 Å². The molecule has 0 bridgehead atoms. The third kappa shape index (κ3) is 5.49. The summed E-state index contributed by atoms with van der Waals surface area (Å²) in [5.41, 5.74) is 0.688. The molecule has 0 saturated heterocycles. The molecule has 0 aliphatic carbocycles. The number of anilines is 1. The lowest BCUT2D eigenvalue weighted by molar-refractivity contribution is -0.118. The highest BCUT2D eigenvalue weighted by Crippen LogP contribution is 2.33. The van der Waals surface area contributed by atoms with E-state index in [9.17, 15) is 4.79 Å². The van der Waals surface area contributed by atoms with Crippen molar-refractivity contribution in [2.75, 3.05) is 18.5 Å². The first-order chi connectivity index (χ1) is 13.5. The van der Waals surface area contributed by atoms with Gasteiger partial charge in [0.25, 0.3) is 5.91 Å². The Bertz CT molecular complexity index is 955. The van der Waals surface area contributed by atoms with E-state index < -0.39 is 0 Å². The summed E-state index contributed by atoms with van der Waals surface area (Å²) in [7, 11) is 0. The second kappa shape index (κ2) is 9.60. The van der Waals surface area contributed by atoms with Crippen molar-refractivity contribution in [2.45, 2.75) is 20.3 Å². The Morgan fingerprint density at radius 2 is 1.86 bits per heavy atom. The lowest BCUT2D eigenvalue weighted by Gasteiger charge is -2.12. The molecule has 0 aromatic heterocycles. The molecule has 4 nitrogen and oxygen atoms in total. The van der Waals surface area contributed by atoms with E-state index in [4.69, 9.17) is 9.47 Å². The Kier molecular flexibility index (Phi) is 6.93. The van der Waals surface area contributed by atoms with Gasteiger partial charge < -0.3 is 14.8 Å². The molecule has 3 rings (SSSR count). The van der Waals surface area contributed by atoms with Crippen molar-refractivity contribution < 1.29 is 14.3 Å².